The largest absolute Gasteiger partial charge is 0.361 e. The molecular formula is C19H24N4O4. The fraction of sp³-hybridized carbons (Fsp3) is 0.579. The maximum atomic E-state index is 12.6. The highest BCUT2D eigenvalue weighted by Crippen LogP contribution is 2.34. The van der Waals surface area contributed by atoms with Crippen LogP contribution >= 0.6 is 0 Å². The number of amides is 1. The zero-order valence-electron chi connectivity index (χ0n) is 15.5. The molecule has 1 fully saturated rings. The van der Waals surface area contributed by atoms with Crippen LogP contribution in [0, 0.1) is 0 Å². The van der Waals surface area contributed by atoms with Crippen molar-refractivity contribution in [3.8, 4) is 0 Å². The standard InChI is InChI=1S/C19H24N4O4/c1-21-16(24)8-11-23(19(21)26)12-17(25)22-9-6-13(7-10-22)18-14-4-2-3-5-15(14)20-27-18/h8,11,13H,2-7,9-10,12H2,1H3. The Morgan fingerprint density at radius 1 is 1.22 bits per heavy atom. The van der Waals surface area contributed by atoms with Gasteiger partial charge in [0, 0.05) is 43.9 Å². The molecule has 3 heterocycles. The minimum atomic E-state index is -0.473. The van der Waals surface area contributed by atoms with Crippen LogP contribution in [0.3, 0.4) is 0 Å². The number of fused-ring (bicyclic) bond motifs is 1. The van der Waals surface area contributed by atoms with Crippen molar-refractivity contribution in [2.24, 2.45) is 7.05 Å². The van der Waals surface area contributed by atoms with Gasteiger partial charge in [-0.15, -0.1) is 0 Å². The highest BCUT2D eigenvalue weighted by molar-refractivity contribution is 5.76. The van der Waals surface area contributed by atoms with Gasteiger partial charge in [-0.3, -0.25) is 18.7 Å². The Kier molecular flexibility index (Phi) is 4.72. The first-order chi connectivity index (χ1) is 13.0. The van der Waals surface area contributed by atoms with Crippen molar-refractivity contribution in [2.45, 2.75) is 51.0 Å². The second-order valence-electron chi connectivity index (χ2n) is 7.46. The van der Waals surface area contributed by atoms with Crippen LogP contribution in [0.15, 0.2) is 26.4 Å². The number of piperidine rings is 1. The van der Waals surface area contributed by atoms with Crippen LogP contribution in [-0.4, -0.2) is 38.2 Å². The summed E-state index contributed by atoms with van der Waals surface area (Å²) in [6, 6.07) is 1.30. The number of carbonyl (C=O) groups is 1. The molecule has 2 aromatic rings. The normalized spacial score (nSPS) is 17.7. The second-order valence-corrected chi connectivity index (χ2v) is 7.46. The zero-order chi connectivity index (χ0) is 19.0. The molecule has 0 saturated carbocycles. The summed E-state index contributed by atoms with van der Waals surface area (Å²) in [6.45, 7) is 1.23. The van der Waals surface area contributed by atoms with Gasteiger partial charge < -0.3 is 9.42 Å². The lowest BCUT2D eigenvalue weighted by atomic mass is 9.87. The molecule has 0 radical (unpaired) electrons. The van der Waals surface area contributed by atoms with E-state index in [1.807, 2.05) is 0 Å². The number of hydrogen-bond donors (Lipinski definition) is 0. The summed E-state index contributed by atoms with van der Waals surface area (Å²) in [6.07, 6.45) is 7.48. The Labute approximate surface area is 156 Å². The van der Waals surface area contributed by atoms with Crippen molar-refractivity contribution in [2.75, 3.05) is 13.1 Å². The predicted octanol–water partition coefficient (Wildman–Crippen LogP) is 0.820. The fourth-order valence-electron chi connectivity index (χ4n) is 4.11. The molecule has 1 aliphatic heterocycles. The lowest BCUT2D eigenvalue weighted by molar-refractivity contribution is -0.133. The first-order valence-electron chi connectivity index (χ1n) is 9.56. The highest BCUT2D eigenvalue weighted by Gasteiger charge is 2.30. The number of carbonyl (C=O) groups excluding carboxylic acids is 1. The van der Waals surface area contributed by atoms with E-state index in [9.17, 15) is 14.4 Å². The fourth-order valence-corrected chi connectivity index (χ4v) is 4.11. The van der Waals surface area contributed by atoms with Gasteiger partial charge in [-0.2, -0.15) is 0 Å². The third-order valence-corrected chi connectivity index (χ3v) is 5.77. The Hall–Kier alpha value is -2.64. The molecule has 144 valence electrons. The summed E-state index contributed by atoms with van der Waals surface area (Å²) in [4.78, 5) is 37.9. The average molecular weight is 372 g/mol. The van der Waals surface area contributed by atoms with Gasteiger partial charge in [-0.05, 0) is 38.5 Å². The minimum absolute atomic E-state index is 0.0463. The van der Waals surface area contributed by atoms with Gasteiger partial charge in [-0.1, -0.05) is 5.16 Å². The van der Waals surface area contributed by atoms with Crippen molar-refractivity contribution < 1.29 is 9.32 Å². The predicted molar refractivity (Wildman–Crippen MR) is 97.6 cm³/mol. The molecule has 8 nitrogen and oxygen atoms in total. The molecular weight excluding hydrogens is 348 g/mol. The van der Waals surface area contributed by atoms with E-state index in [4.69, 9.17) is 4.52 Å². The number of likely N-dealkylation sites (tertiary alicyclic amines) is 1. The minimum Gasteiger partial charge on any atom is -0.361 e. The summed E-state index contributed by atoms with van der Waals surface area (Å²) >= 11 is 0. The molecule has 0 bridgehead atoms. The van der Waals surface area contributed by atoms with Crippen LogP contribution in [0.2, 0.25) is 0 Å². The van der Waals surface area contributed by atoms with Gasteiger partial charge in [0.2, 0.25) is 5.91 Å². The van der Waals surface area contributed by atoms with E-state index < -0.39 is 5.69 Å². The molecule has 0 unspecified atom stereocenters. The van der Waals surface area contributed by atoms with E-state index >= 15 is 0 Å². The van der Waals surface area contributed by atoms with Crippen LogP contribution in [0.4, 0.5) is 0 Å². The quantitative estimate of drug-likeness (QED) is 0.796. The third kappa shape index (κ3) is 3.36. The summed E-state index contributed by atoms with van der Waals surface area (Å²) in [7, 11) is 1.41. The van der Waals surface area contributed by atoms with E-state index in [-0.39, 0.29) is 18.0 Å². The number of nitrogens with zero attached hydrogens (tertiary/aromatic N) is 4. The molecule has 8 heteroatoms. The number of rotatable bonds is 3. The molecule has 0 aromatic carbocycles. The van der Waals surface area contributed by atoms with E-state index in [1.54, 1.807) is 4.90 Å². The molecule has 0 N–H and O–H groups in total. The molecule has 1 amide bonds. The first-order valence-corrected chi connectivity index (χ1v) is 9.56. The van der Waals surface area contributed by atoms with Crippen molar-refractivity contribution in [3.63, 3.8) is 0 Å². The topological polar surface area (TPSA) is 90.3 Å². The van der Waals surface area contributed by atoms with Crippen LogP contribution in [0.5, 0.6) is 0 Å². The van der Waals surface area contributed by atoms with Crippen molar-refractivity contribution in [1.82, 2.24) is 19.2 Å². The van der Waals surface area contributed by atoms with Gasteiger partial charge in [0.05, 0.1) is 5.69 Å². The Morgan fingerprint density at radius 2 is 1.96 bits per heavy atom. The lowest BCUT2D eigenvalue weighted by Gasteiger charge is -2.31. The molecule has 2 aliphatic rings. The molecule has 4 rings (SSSR count). The number of aromatic nitrogens is 3. The van der Waals surface area contributed by atoms with E-state index in [1.165, 1.54) is 42.3 Å². The smallest absolute Gasteiger partial charge is 0.331 e. The maximum Gasteiger partial charge on any atom is 0.331 e. The molecule has 27 heavy (non-hydrogen) atoms. The van der Waals surface area contributed by atoms with Crippen molar-refractivity contribution in [3.05, 3.63) is 50.1 Å². The van der Waals surface area contributed by atoms with Crippen molar-refractivity contribution in [1.29, 1.82) is 0 Å². The molecule has 1 saturated heterocycles. The zero-order valence-corrected chi connectivity index (χ0v) is 15.5. The summed E-state index contributed by atoms with van der Waals surface area (Å²) < 4.78 is 7.94. The summed E-state index contributed by atoms with van der Waals surface area (Å²) in [5.41, 5.74) is 1.56. The molecule has 2 aromatic heterocycles. The van der Waals surface area contributed by atoms with E-state index in [2.05, 4.69) is 5.16 Å². The summed E-state index contributed by atoms with van der Waals surface area (Å²) in [5.74, 6) is 1.23. The van der Waals surface area contributed by atoms with E-state index in [0.29, 0.717) is 19.0 Å². The number of aryl methyl sites for hydroxylation is 1. The molecule has 0 spiro atoms. The Bertz CT molecular complexity index is 963. The molecule has 1 aliphatic carbocycles. The monoisotopic (exact) mass is 372 g/mol. The van der Waals surface area contributed by atoms with Crippen molar-refractivity contribution >= 4 is 5.91 Å². The van der Waals surface area contributed by atoms with Crippen LogP contribution in [-0.2, 0) is 31.2 Å². The van der Waals surface area contributed by atoms with Gasteiger partial charge in [0.25, 0.3) is 5.56 Å². The number of hydrogen-bond acceptors (Lipinski definition) is 5. The highest BCUT2D eigenvalue weighted by atomic mass is 16.5. The average Bonchev–Trinajstić information content (AvgIpc) is 3.12. The van der Waals surface area contributed by atoms with Gasteiger partial charge in [0.1, 0.15) is 12.3 Å². The van der Waals surface area contributed by atoms with Crippen LogP contribution < -0.4 is 11.2 Å². The first kappa shape index (κ1) is 17.8. The molecule has 0 atom stereocenters. The van der Waals surface area contributed by atoms with Gasteiger partial charge >= 0.3 is 5.69 Å². The lowest BCUT2D eigenvalue weighted by Crippen LogP contribution is -2.43. The van der Waals surface area contributed by atoms with Gasteiger partial charge in [0.15, 0.2) is 0 Å². The van der Waals surface area contributed by atoms with Crippen LogP contribution in [0.1, 0.15) is 48.6 Å². The third-order valence-electron chi connectivity index (χ3n) is 5.77. The van der Waals surface area contributed by atoms with Crippen LogP contribution in [0.25, 0.3) is 0 Å². The summed E-state index contributed by atoms with van der Waals surface area (Å²) in [5, 5.41) is 4.25. The van der Waals surface area contributed by atoms with E-state index in [0.717, 1.165) is 41.7 Å². The maximum absolute atomic E-state index is 12.6. The Morgan fingerprint density at radius 3 is 2.74 bits per heavy atom. The second kappa shape index (κ2) is 7.17. The Balaban J connectivity index is 1.40. The SMILES string of the molecule is Cn1c(=O)ccn(CC(=O)N2CCC(c3onc4c3CCCC4)CC2)c1=O. The van der Waals surface area contributed by atoms with Gasteiger partial charge in [-0.25, -0.2) is 4.79 Å².